The summed E-state index contributed by atoms with van der Waals surface area (Å²) >= 11 is 0. The van der Waals surface area contributed by atoms with E-state index in [1.165, 1.54) is 45.2 Å². The molecule has 2 fully saturated rings. The van der Waals surface area contributed by atoms with Crippen molar-refractivity contribution in [2.45, 2.75) is 51.0 Å². The maximum absolute atomic E-state index is 5.88. The molecule has 1 saturated carbocycles. The number of likely N-dealkylation sites (tertiary alicyclic amines) is 1. The van der Waals surface area contributed by atoms with Gasteiger partial charge in [0.1, 0.15) is 17.5 Å². The minimum atomic E-state index is 0.384. The Morgan fingerprint density at radius 2 is 2.05 bits per heavy atom. The van der Waals surface area contributed by atoms with Crippen LogP contribution in [0, 0.1) is 0 Å². The van der Waals surface area contributed by atoms with Crippen LogP contribution in [0.25, 0.3) is 0 Å². The van der Waals surface area contributed by atoms with Crippen molar-refractivity contribution in [3.63, 3.8) is 0 Å². The molecule has 5 heteroatoms. The molecule has 1 aliphatic heterocycles. The van der Waals surface area contributed by atoms with Gasteiger partial charge < -0.3 is 16.0 Å². The molecule has 2 aliphatic rings. The Labute approximate surface area is 121 Å². The zero-order valence-corrected chi connectivity index (χ0v) is 12.3. The van der Waals surface area contributed by atoms with Gasteiger partial charge in [-0.25, -0.2) is 9.97 Å². The standard InChI is InChI=1S/C15H25N5/c1-11(10-20-7-3-2-4-8-20)17-14-9-13(16)18-15(19-14)12-5-6-12/h9,11-12H,2-8,10H2,1H3,(H3,16,17,18,19). The lowest BCUT2D eigenvalue weighted by Gasteiger charge is -2.29. The third-order valence-electron chi connectivity index (χ3n) is 4.08. The molecule has 3 rings (SSSR count). The molecule has 1 saturated heterocycles. The van der Waals surface area contributed by atoms with Crippen LogP contribution in [0.4, 0.5) is 11.6 Å². The number of hydrogen-bond donors (Lipinski definition) is 2. The average Bonchev–Trinajstić information content (AvgIpc) is 3.23. The fourth-order valence-electron chi connectivity index (χ4n) is 2.91. The smallest absolute Gasteiger partial charge is 0.136 e. The molecule has 1 aromatic heterocycles. The van der Waals surface area contributed by atoms with E-state index in [9.17, 15) is 0 Å². The molecular formula is C15H25N5. The van der Waals surface area contributed by atoms with Crippen molar-refractivity contribution >= 4 is 11.6 Å². The van der Waals surface area contributed by atoms with Crippen molar-refractivity contribution in [2.24, 2.45) is 0 Å². The molecule has 3 N–H and O–H groups in total. The van der Waals surface area contributed by atoms with E-state index in [-0.39, 0.29) is 0 Å². The number of aromatic nitrogens is 2. The fraction of sp³-hybridized carbons (Fsp3) is 0.733. The number of nitrogen functional groups attached to an aromatic ring is 1. The molecule has 20 heavy (non-hydrogen) atoms. The maximum atomic E-state index is 5.88. The van der Waals surface area contributed by atoms with Gasteiger partial charge in [-0.15, -0.1) is 0 Å². The largest absolute Gasteiger partial charge is 0.384 e. The summed E-state index contributed by atoms with van der Waals surface area (Å²) < 4.78 is 0. The first kappa shape index (κ1) is 13.6. The predicted octanol–water partition coefficient (Wildman–Crippen LogP) is 2.22. The van der Waals surface area contributed by atoms with Crippen LogP contribution in [0.2, 0.25) is 0 Å². The Bertz CT molecular complexity index is 452. The van der Waals surface area contributed by atoms with Gasteiger partial charge in [0.2, 0.25) is 0 Å². The summed E-state index contributed by atoms with van der Waals surface area (Å²) in [6, 6.07) is 2.23. The van der Waals surface area contributed by atoms with E-state index >= 15 is 0 Å². The summed E-state index contributed by atoms with van der Waals surface area (Å²) in [5.74, 6) is 2.91. The van der Waals surface area contributed by atoms with Gasteiger partial charge in [-0.1, -0.05) is 6.42 Å². The van der Waals surface area contributed by atoms with Crippen molar-refractivity contribution in [1.29, 1.82) is 0 Å². The van der Waals surface area contributed by atoms with Crippen LogP contribution >= 0.6 is 0 Å². The van der Waals surface area contributed by atoms with Crippen molar-refractivity contribution in [2.75, 3.05) is 30.7 Å². The summed E-state index contributed by atoms with van der Waals surface area (Å²) in [7, 11) is 0. The third-order valence-corrected chi connectivity index (χ3v) is 4.08. The van der Waals surface area contributed by atoms with Crippen LogP contribution in [0.1, 0.15) is 50.8 Å². The van der Waals surface area contributed by atoms with E-state index in [2.05, 4.69) is 27.1 Å². The normalized spacial score (nSPS) is 21.6. The first-order valence-electron chi connectivity index (χ1n) is 7.84. The van der Waals surface area contributed by atoms with Crippen LogP contribution < -0.4 is 11.1 Å². The highest BCUT2D eigenvalue weighted by Gasteiger charge is 2.27. The van der Waals surface area contributed by atoms with Crippen molar-refractivity contribution < 1.29 is 0 Å². The highest BCUT2D eigenvalue weighted by molar-refractivity contribution is 5.46. The number of nitrogens with one attached hydrogen (secondary N) is 1. The van der Waals surface area contributed by atoms with Gasteiger partial charge in [0.25, 0.3) is 0 Å². The quantitative estimate of drug-likeness (QED) is 0.862. The Morgan fingerprint density at radius 1 is 1.30 bits per heavy atom. The third kappa shape index (κ3) is 3.60. The molecule has 1 atom stereocenters. The minimum absolute atomic E-state index is 0.384. The second kappa shape index (κ2) is 5.95. The van der Waals surface area contributed by atoms with Gasteiger partial charge in [0, 0.05) is 24.6 Å². The molecule has 0 aromatic carbocycles. The number of rotatable bonds is 5. The Kier molecular flexibility index (Phi) is 4.05. The van der Waals surface area contributed by atoms with Gasteiger partial charge in [-0.2, -0.15) is 0 Å². The Balaban J connectivity index is 1.58. The van der Waals surface area contributed by atoms with Crippen LogP contribution in [0.3, 0.4) is 0 Å². The molecule has 0 spiro atoms. The number of nitrogens with zero attached hydrogens (tertiary/aromatic N) is 3. The first-order valence-corrected chi connectivity index (χ1v) is 7.84. The lowest BCUT2D eigenvalue weighted by molar-refractivity contribution is 0.223. The number of anilines is 2. The van der Waals surface area contributed by atoms with Crippen molar-refractivity contribution in [1.82, 2.24) is 14.9 Å². The zero-order chi connectivity index (χ0) is 13.9. The highest BCUT2D eigenvalue weighted by Crippen LogP contribution is 2.38. The number of hydrogen-bond acceptors (Lipinski definition) is 5. The number of nitrogens with two attached hydrogens (primary N) is 1. The predicted molar refractivity (Wildman–Crippen MR) is 81.8 cm³/mol. The molecule has 1 aliphatic carbocycles. The SMILES string of the molecule is CC(CN1CCCCC1)Nc1cc(N)nc(C2CC2)n1. The van der Waals surface area contributed by atoms with Crippen LogP contribution in [0.5, 0.6) is 0 Å². The highest BCUT2D eigenvalue weighted by atomic mass is 15.2. The fourth-order valence-corrected chi connectivity index (χ4v) is 2.91. The summed E-state index contributed by atoms with van der Waals surface area (Å²) in [6.45, 7) is 5.74. The van der Waals surface area contributed by atoms with E-state index in [0.717, 1.165) is 18.2 Å². The number of piperidine rings is 1. The molecule has 0 amide bonds. The minimum Gasteiger partial charge on any atom is -0.384 e. The van der Waals surface area contributed by atoms with E-state index in [1.807, 2.05) is 6.07 Å². The lowest BCUT2D eigenvalue weighted by atomic mass is 10.1. The zero-order valence-electron chi connectivity index (χ0n) is 12.3. The molecule has 5 nitrogen and oxygen atoms in total. The van der Waals surface area contributed by atoms with E-state index in [0.29, 0.717) is 17.8 Å². The van der Waals surface area contributed by atoms with E-state index in [4.69, 9.17) is 5.73 Å². The average molecular weight is 275 g/mol. The van der Waals surface area contributed by atoms with Crippen LogP contribution in [0.15, 0.2) is 6.07 Å². The van der Waals surface area contributed by atoms with E-state index in [1.54, 1.807) is 0 Å². The molecule has 0 radical (unpaired) electrons. The first-order chi connectivity index (χ1) is 9.70. The summed E-state index contributed by atoms with van der Waals surface area (Å²) in [4.78, 5) is 11.5. The van der Waals surface area contributed by atoms with Gasteiger partial charge in [0.05, 0.1) is 0 Å². The maximum Gasteiger partial charge on any atom is 0.136 e. The summed E-state index contributed by atoms with van der Waals surface area (Å²) in [6.07, 6.45) is 6.45. The van der Waals surface area contributed by atoms with Crippen LogP contribution in [-0.2, 0) is 0 Å². The van der Waals surface area contributed by atoms with Gasteiger partial charge in [-0.3, -0.25) is 0 Å². The van der Waals surface area contributed by atoms with Gasteiger partial charge in [0.15, 0.2) is 0 Å². The molecule has 1 aromatic rings. The summed E-state index contributed by atoms with van der Waals surface area (Å²) in [5, 5.41) is 3.48. The monoisotopic (exact) mass is 275 g/mol. The second-order valence-electron chi connectivity index (χ2n) is 6.22. The summed E-state index contributed by atoms with van der Waals surface area (Å²) in [5.41, 5.74) is 5.88. The lowest BCUT2D eigenvalue weighted by Crippen LogP contribution is -2.38. The van der Waals surface area contributed by atoms with Crippen molar-refractivity contribution in [3.05, 3.63) is 11.9 Å². The Morgan fingerprint density at radius 3 is 2.75 bits per heavy atom. The molecule has 0 bridgehead atoms. The molecule has 110 valence electrons. The van der Waals surface area contributed by atoms with E-state index < -0.39 is 0 Å². The molecule has 2 heterocycles. The molecule has 1 unspecified atom stereocenters. The van der Waals surface area contributed by atoms with Gasteiger partial charge >= 0.3 is 0 Å². The molecular weight excluding hydrogens is 250 g/mol. The second-order valence-corrected chi connectivity index (χ2v) is 6.22. The van der Waals surface area contributed by atoms with Gasteiger partial charge in [-0.05, 0) is 45.7 Å². The van der Waals surface area contributed by atoms with Crippen molar-refractivity contribution in [3.8, 4) is 0 Å². The topological polar surface area (TPSA) is 67.1 Å². The Hall–Kier alpha value is -1.36. The van der Waals surface area contributed by atoms with Crippen LogP contribution in [-0.4, -0.2) is 40.5 Å².